The molecule has 0 unspecified atom stereocenters. The Morgan fingerprint density at radius 1 is 1.00 bits per heavy atom. The number of rotatable bonds is 5. The first-order valence-corrected chi connectivity index (χ1v) is 7.06. The Morgan fingerprint density at radius 2 is 1.83 bits per heavy atom. The van der Waals surface area contributed by atoms with E-state index in [2.05, 4.69) is 15.3 Å². The summed E-state index contributed by atoms with van der Waals surface area (Å²) in [6, 6.07) is 10.1. The Bertz CT molecular complexity index is 839. The topological polar surface area (TPSA) is 56.3 Å². The van der Waals surface area contributed by atoms with Gasteiger partial charge in [-0.15, -0.1) is 0 Å². The summed E-state index contributed by atoms with van der Waals surface area (Å²) in [7, 11) is 3.19. The molecule has 0 aliphatic carbocycles. The number of fused-ring (bicyclic) bond motifs is 1. The van der Waals surface area contributed by atoms with E-state index in [-0.39, 0.29) is 5.82 Å². The number of hydrogen-bond acceptors (Lipinski definition) is 5. The summed E-state index contributed by atoms with van der Waals surface area (Å²) >= 11 is 0. The van der Waals surface area contributed by atoms with Crippen LogP contribution in [0.3, 0.4) is 0 Å². The maximum absolute atomic E-state index is 13.4. The Morgan fingerprint density at radius 3 is 2.61 bits per heavy atom. The molecule has 0 saturated carbocycles. The van der Waals surface area contributed by atoms with E-state index in [1.165, 1.54) is 18.5 Å². The van der Waals surface area contributed by atoms with Crippen molar-refractivity contribution < 1.29 is 13.9 Å². The van der Waals surface area contributed by atoms with Crippen molar-refractivity contribution in [1.29, 1.82) is 0 Å². The fourth-order valence-corrected chi connectivity index (χ4v) is 2.35. The second kappa shape index (κ2) is 6.48. The highest BCUT2D eigenvalue weighted by Crippen LogP contribution is 2.28. The van der Waals surface area contributed by atoms with Crippen LogP contribution in [-0.2, 0) is 6.54 Å². The van der Waals surface area contributed by atoms with Crippen LogP contribution in [0.5, 0.6) is 11.5 Å². The SMILES string of the molecule is COc1ccc(CNc2ncnc3ccc(F)cc23)cc1OC. The van der Waals surface area contributed by atoms with Crippen LogP contribution in [0, 0.1) is 5.82 Å². The van der Waals surface area contributed by atoms with Crippen LogP contribution in [0.4, 0.5) is 10.2 Å². The Hall–Kier alpha value is -2.89. The van der Waals surface area contributed by atoms with Crippen LogP contribution in [0.15, 0.2) is 42.7 Å². The van der Waals surface area contributed by atoms with Crippen LogP contribution in [0.1, 0.15) is 5.56 Å². The first kappa shape index (κ1) is 15.0. The second-order valence-corrected chi connectivity index (χ2v) is 4.93. The molecule has 1 N–H and O–H groups in total. The molecule has 2 aromatic carbocycles. The van der Waals surface area contributed by atoms with Crippen LogP contribution in [0.25, 0.3) is 10.9 Å². The van der Waals surface area contributed by atoms with Gasteiger partial charge in [-0.2, -0.15) is 0 Å². The molecule has 0 spiro atoms. The van der Waals surface area contributed by atoms with E-state index in [0.717, 1.165) is 5.56 Å². The molecule has 0 amide bonds. The van der Waals surface area contributed by atoms with Gasteiger partial charge < -0.3 is 14.8 Å². The zero-order chi connectivity index (χ0) is 16.2. The lowest BCUT2D eigenvalue weighted by Gasteiger charge is -2.11. The molecule has 0 aliphatic heterocycles. The molecular formula is C17H16FN3O2. The van der Waals surface area contributed by atoms with Gasteiger partial charge in [0.15, 0.2) is 11.5 Å². The van der Waals surface area contributed by atoms with E-state index >= 15 is 0 Å². The maximum Gasteiger partial charge on any atom is 0.161 e. The summed E-state index contributed by atoms with van der Waals surface area (Å²) in [4.78, 5) is 8.33. The molecule has 0 bridgehead atoms. The predicted molar refractivity (Wildman–Crippen MR) is 86.4 cm³/mol. The minimum absolute atomic E-state index is 0.318. The number of nitrogens with one attached hydrogen (secondary N) is 1. The van der Waals surface area contributed by atoms with Gasteiger partial charge in [-0.25, -0.2) is 14.4 Å². The third kappa shape index (κ3) is 3.15. The van der Waals surface area contributed by atoms with Crippen molar-refractivity contribution in [3.8, 4) is 11.5 Å². The van der Waals surface area contributed by atoms with Gasteiger partial charge in [-0.3, -0.25) is 0 Å². The summed E-state index contributed by atoms with van der Waals surface area (Å²) < 4.78 is 24.0. The third-order valence-electron chi connectivity index (χ3n) is 3.51. The number of benzene rings is 2. The number of methoxy groups -OCH3 is 2. The number of nitrogens with zero attached hydrogens (tertiary/aromatic N) is 2. The van der Waals surface area contributed by atoms with E-state index in [9.17, 15) is 4.39 Å². The summed E-state index contributed by atoms with van der Waals surface area (Å²) in [6.45, 7) is 0.517. The van der Waals surface area contributed by atoms with Crippen molar-refractivity contribution in [3.63, 3.8) is 0 Å². The van der Waals surface area contributed by atoms with Gasteiger partial charge >= 0.3 is 0 Å². The molecule has 0 radical (unpaired) electrons. The number of anilines is 1. The minimum atomic E-state index is -0.318. The van der Waals surface area contributed by atoms with E-state index in [0.29, 0.717) is 34.8 Å². The first-order chi connectivity index (χ1) is 11.2. The average Bonchev–Trinajstić information content (AvgIpc) is 2.59. The van der Waals surface area contributed by atoms with Gasteiger partial charge in [-0.1, -0.05) is 6.07 Å². The molecule has 23 heavy (non-hydrogen) atoms. The number of ether oxygens (including phenoxy) is 2. The number of aromatic nitrogens is 2. The number of hydrogen-bond donors (Lipinski definition) is 1. The molecule has 0 fully saturated rings. The quantitative estimate of drug-likeness (QED) is 0.782. The standard InChI is InChI=1S/C17H16FN3O2/c1-22-15-6-3-11(7-16(15)23-2)9-19-17-13-8-12(18)4-5-14(13)20-10-21-17/h3-8,10H,9H2,1-2H3,(H,19,20,21). The van der Waals surface area contributed by atoms with Gasteiger partial charge in [0.05, 0.1) is 19.7 Å². The van der Waals surface area contributed by atoms with Crippen LogP contribution < -0.4 is 14.8 Å². The Kier molecular flexibility index (Phi) is 4.23. The monoisotopic (exact) mass is 313 g/mol. The van der Waals surface area contributed by atoms with Crippen LogP contribution in [-0.4, -0.2) is 24.2 Å². The van der Waals surface area contributed by atoms with E-state index < -0.39 is 0 Å². The molecule has 5 nitrogen and oxygen atoms in total. The van der Waals surface area contributed by atoms with Crippen molar-refractivity contribution >= 4 is 16.7 Å². The zero-order valence-corrected chi connectivity index (χ0v) is 12.8. The highest BCUT2D eigenvalue weighted by Gasteiger charge is 2.07. The fraction of sp³-hybridized carbons (Fsp3) is 0.176. The summed E-state index contributed by atoms with van der Waals surface area (Å²) in [5.74, 6) is 1.60. The highest BCUT2D eigenvalue weighted by atomic mass is 19.1. The van der Waals surface area contributed by atoms with Crippen molar-refractivity contribution in [2.45, 2.75) is 6.54 Å². The molecular weight excluding hydrogens is 297 g/mol. The lowest BCUT2D eigenvalue weighted by molar-refractivity contribution is 0.354. The molecule has 6 heteroatoms. The first-order valence-electron chi connectivity index (χ1n) is 7.06. The smallest absolute Gasteiger partial charge is 0.161 e. The van der Waals surface area contributed by atoms with Gasteiger partial charge in [-0.05, 0) is 35.9 Å². The lowest BCUT2D eigenvalue weighted by Crippen LogP contribution is -2.03. The van der Waals surface area contributed by atoms with Gasteiger partial charge in [0.2, 0.25) is 0 Å². The van der Waals surface area contributed by atoms with Crippen molar-refractivity contribution in [1.82, 2.24) is 9.97 Å². The number of halogens is 1. The Balaban J connectivity index is 1.85. The van der Waals surface area contributed by atoms with E-state index in [1.807, 2.05) is 18.2 Å². The third-order valence-corrected chi connectivity index (χ3v) is 3.51. The van der Waals surface area contributed by atoms with Crippen LogP contribution >= 0.6 is 0 Å². The molecule has 1 heterocycles. The molecule has 1 aromatic heterocycles. The Labute approximate surface area is 133 Å². The van der Waals surface area contributed by atoms with Gasteiger partial charge in [0.1, 0.15) is 18.0 Å². The fourth-order valence-electron chi connectivity index (χ4n) is 2.35. The summed E-state index contributed by atoms with van der Waals surface area (Å²) in [5.41, 5.74) is 1.68. The zero-order valence-electron chi connectivity index (χ0n) is 12.8. The van der Waals surface area contributed by atoms with Crippen molar-refractivity contribution in [3.05, 3.63) is 54.1 Å². The maximum atomic E-state index is 13.4. The lowest BCUT2D eigenvalue weighted by atomic mass is 10.2. The van der Waals surface area contributed by atoms with Gasteiger partial charge in [0.25, 0.3) is 0 Å². The largest absolute Gasteiger partial charge is 0.493 e. The second-order valence-electron chi connectivity index (χ2n) is 4.93. The molecule has 3 rings (SSSR count). The van der Waals surface area contributed by atoms with Crippen molar-refractivity contribution in [2.24, 2.45) is 0 Å². The molecule has 118 valence electrons. The molecule has 3 aromatic rings. The molecule has 0 atom stereocenters. The predicted octanol–water partition coefficient (Wildman–Crippen LogP) is 3.40. The van der Waals surface area contributed by atoms with Crippen molar-refractivity contribution in [2.75, 3.05) is 19.5 Å². The summed E-state index contributed by atoms with van der Waals surface area (Å²) in [5, 5.41) is 3.85. The normalized spacial score (nSPS) is 10.6. The minimum Gasteiger partial charge on any atom is -0.493 e. The van der Waals surface area contributed by atoms with E-state index in [1.54, 1.807) is 20.3 Å². The van der Waals surface area contributed by atoms with Gasteiger partial charge in [0, 0.05) is 11.9 Å². The summed E-state index contributed by atoms with van der Waals surface area (Å²) in [6.07, 6.45) is 1.46. The molecule has 0 aliphatic rings. The van der Waals surface area contributed by atoms with E-state index in [4.69, 9.17) is 9.47 Å². The van der Waals surface area contributed by atoms with Crippen LogP contribution in [0.2, 0.25) is 0 Å². The molecule has 0 saturated heterocycles. The highest BCUT2D eigenvalue weighted by molar-refractivity contribution is 5.88. The average molecular weight is 313 g/mol.